The SMILES string of the molecule is CNC(=O)C(C)(C)N1CCCC1C(=O)N1CCCCCC1. The summed E-state index contributed by atoms with van der Waals surface area (Å²) in [7, 11) is 1.66. The summed E-state index contributed by atoms with van der Waals surface area (Å²) in [5.74, 6) is 0.212. The van der Waals surface area contributed by atoms with Gasteiger partial charge in [0.25, 0.3) is 0 Å². The van der Waals surface area contributed by atoms with Gasteiger partial charge in [-0.3, -0.25) is 14.5 Å². The first-order valence-corrected chi connectivity index (χ1v) is 8.26. The van der Waals surface area contributed by atoms with Crippen LogP contribution in [0.25, 0.3) is 0 Å². The molecule has 0 bridgehead atoms. The summed E-state index contributed by atoms with van der Waals surface area (Å²) in [4.78, 5) is 29.1. The Morgan fingerprint density at radius 2 is 1.62 bits per heavy atom. The minimum atomic E-state index is -0.628. The lowest BCUT2D eigenvalue weighted by molar-refractivity contribution is -0.141. The van der Waals surface area contributed by atoms with Gasteiger partial charge >= 0.3 is 0 Å². The molecular formula is C16H29N3O2. The van der Waals surface area contributed by atoms with Gasteiger partial charge in [0.1, 0.15) is 0 Å². The molecule has 0 aromatic heterocycles. The molecule has 120 valence electrons. The van der Waals surface area contributed by atoms with Gasteiger partial charge in [0, 0.05) is 26.7 Å². The Morgan fingerprint density at radius 3 is 2.19 bits per heavy atom. The van der Waals surface area contributed by atoms with Crippen molar-refractivity contribution in [1.29, 1.82) is 0 Å². The largest absolute Gasteiger partial charge is 0.358 e. The number of amides is 2. The third kappa shape index (κ3) is 3.39. The molecule has 1 unspecified atom stereocenters. The van der Waals surface area contributed by atoms with E-state index in [0.29, 0.717) is 0 Å². The highest BCUT2D eigenvalue weighted by Crippen LogP contribution is 2.28. The number of likely N-dealkylation sites (tertiary alicyclic amines) is 2. The van der Waals surface area contributed by atoms with Gasteiger partial charge < -0.3 is 10.2 Å². The number of likely N-dealkylation sites (N-methyl/N-ethyl adjacent to an activating group) is 1. The standard InChI is InChI=1S/C16H29N3O2/c1-16(2,15(21)17-3)19-12-8-9-13(19)14(20)18-10-6-4-5-7-11-18/h13H,4-12H2,1-3H3,(H,17,21). The van der Waals surface area contributed by atoms with Crippen molar-refractivity contribution >= 4 is 11.8 Å². The smallest absolute Gasteiger partial charge is 0.239 e. The lowest BCUT2D eigenvalue weighted by Gasteiger charge is -2.39. The van der Waals surface area contributed by atoms with Crippen LogP contribution in [0.3, 0.4) is 0 Å². The number of carbonyl (C=O) groups excluding carboxylic acids is 2. The van der Waals surface area contributed by atoms with Gasteiger partial charge in [0.15, 0.2) is 0 Å². The number of rotatable bonds is 3. The molecule has 0 aromatic carbocycles. The minimum absolute atomic E-state index is 0.0157. The van der Waals surface area contributed by atoms with E-state index >= 15 is 0 Å². The van der Waals surface area contributed by atoms with E-state index in [0.717, 1.165) is 45.3 Å². The number of carbonyl (C=O) groups is 2. The number of nitrogens with zero attached hydrogens (tertiary/aromatic N) is 2. The van der Waals surface area contributed by atoms with Crippen molar-refractivity contribution in [2.24, 2.45) is 0 Å². The molecule has 2 amide bonds. The van der Waals surface area contributed by atoms with Crippen molar-refractivity contribution in [2.45, 2.75) is 64.0 Å². The Balaban J connectivity index is 2.10. The fraction of sp³-hybridized carbons (Fsp3) is 0.875. The molecule has 2 aliphatic rings. The molecule has 0 aromatic rings. The second-order valence-electron chi connectivity index (χ2n) is 6.73. The molecule has 0 saturated carbocycles. The molecule has 21 heavy (non-hydrogen) atoms. The van der Waals surface area contributed by atoms with Crippen LogP contribution in [-0.2, 0) is 9.59 Å². The van der Waals surface area contributed by atoms with Gasteiger partial charge in [-0.05, 0) is 39.5 Å². The molecule has 0 spiro atoms. The number of hydrogen-bond acceptors (Lipinski definition) is 3. The fourth-order valence-electron chi connectivity index (χ4n) is 3.63. The first-order chi connectivity index (χ1) is 9.98. The molecule has 2 heterocycles. The van der Waals surface area contributed by atoms with Crippen molar-refractivity contribution in [2.75, 3.05) is 26.7 Å². The first-order valence-electron chi connectivity index (χ1n) is 8.26. The Kier molecular flexibility index (Phi) is 5.25. The van der Waals surface area contributed by atoms with Crippen molar-refractivity contribution in [1.82, 2.24) is 15.1 Å². The highest BCUT2D eigenvalue weighted by Gasteiger charge is 2.44. The molecule has 1 N–H and O–H groups in total. The molecule has 2 aliphatic heterocycles. The predicted octanol–water partition coefficient (Wildman–Crippen LogP) is 1.38. The van der Waals surface area contributed by atoms with Gasteiger partial charge in [-0.25, -0.2) is 0 Å². The van der Waals surface area contributed by atoms with E-state index in [-0.39, 0.29) is 17.9 Å². The topological polar surface area (TPSA) is 52.7 Å². The lowest BCUT2D eigenvalue weighted by atomic mass is 9.99. The monoisotopic (exact) mass is 295 g/mol. The van der Waals surface area contributed by atoms with Crippen LogP contribution < -0.4 is 5.32 Å². The van der Waals surface area contributed by atoms with Crippen LogP contribution in [0.1, 0.15) is 52.4 Å². The van der Waals surface area contributed by atoms with Crippen molar-refractivity contribution in [3.63, 3.8) is 0 Å². The second-order valence-corrected chi connectivity index (χ2v) is 6.73. The summed E-state index contributed by atoms with van der Waals surface area (Å²) >= 11 is 0. The maximum absolute atomic E-state index is 12.9. The first kappa shape index (κ1) is 16.3. The summed E-state index contributed by atoms with van der Waals surface area (Å²) in [6.45, 7) is 6.41. The van der Waals surface area contributed by atoms with E-state index in [4.69, 9.17) is 0 Å². The normalized spacial score (nSPS) is 24.7. The lowest BCUT2D eigenvalue weighted by Crippen LogP contribution is -2.59. The summed E-state index contributed by atoms with van der Waals surface area (Å²) in [5.41, 5.74) is -0.628. The molecule has 2 fully saturated rings. The summed E-state index contributed by atoms with van der Waals surface area (Å²) < 4.78 is 0. The summed E-state index contributed by atoms with van der Waals surface area (Å²) in [6, 6.07) is -0.129. The predicted molar refractivity (Wildman–Crippen MR) is 82.9 cm³/mol. The summed E-state index contributed by atoms with van der Waals surface area (Å²) in [6.07, 6.45) is 6.53. The molecule has 5 nitrogen and oxygen atoms in total. The fourth-order valence-corrected chi connectivity index (χ4v) is 3.63. The molecule has 0 aliphatic carbocycles. The van der Waals surface area contributed by atoms with Crippen molar-refractivity contribution in [3.05, 3.63) is 0 Å². The van der Waals surface area contributed by atoms with Crippen LogP contribution in [-0.4, -0.2) is 59.9 Å². The highest BCUT2D eigenvalue weighted by atomic mass is 16.2. The van der Waals surface area contributed by atoms with Gasteiger partial charge in [-0.15, -0.1) is 0 Å². The van der Waals surface area contributed by atoms with Crippen LogP contribution in [0.2, 0.25) is 0 Å². The average molecular weight is 295 g/mol. The van der Waals surface area contributed by atoms with Crippen LogP contribution in [0.15, 0.2) is 0 Å². The zero-order chi connectivity index (χ0) is 15.5. The molecule has 1 atom stereocenters. The Hall–Kier alpha value is -1.10. The van der Waals surface area contributed by atoms with Crippen molar-refractivity contribution in [3.8, 4) is 0 Å². The molecule has 5 heteroatoms. The molecular weight excluding hydrogens is 266 g/mol. The average Bonchev–Trinajstić information content (AvgIpc) is 2.82. The van der Waals surface area contributed by atoms with E-state index in [1.807, 2.05) is 18.7 Å². The summed E-state index contributed by atoms with van der Waals surface area (Å²) in [5, 5.41) is 2.73. The van der Waals surface area contributed by atoms with Crippen LogP contribution in [0.5, 0.6) is 0 Å². The van der Waals surface area contributed by atoms with Crippen LogP contribution in [0.4, 0.5) is 0 Å². The van der Waals surface area contributed by atoms with Crippen molar-refractivity contribution < 1.29 is 9.59 Å². The third-order valence-electron chi connectivity index (χ3n) is 4.96. The minimum Gasteiger partial charge on any atom is -0.358 e. The number of nitrogens with one attached hydrogen (secondary N) is 1. The van der Waals surface area contributed by atoms with Gasteiger partial charge in [0.05, 0.1) is 11.6 Å². The quantitative estimate of drug-likeness (QED) is 0.856. The zero-order valence-electron chi connectivity index (χ0n) is 13.7. The third-order valence-corrected chi connectivity index (χ3v) is 4.96. The van der Waals surface area contributed by atoms with Gasteiger partial charge in [-0.2, -0.15) is 0 Å². The Bertz CT molecular complexity index is 387. The molecule has 2 saturated heterocycles. The Morgan fingerprint density at radius 1 is 1.00 bits per heavy atom. The van der Waals surface area contributed by atoms with E-state index < -0.39 is 5.54 Å². The maximum atomic E-state index is 12.9. The van der Waals surface area contributed by atoms with E-state index in [2.05, 4.69) is 10.2 Å². The van der Waals surface area contributed by atoms with Crippen LogP contribution in [0, 0.1) is 0 Å². The van der Waals surface area contributed by atoms with Gasteiger partial charge in [-0.1, -0.05) is 12.8 Å². The van der Waals surface area contributed by atoms with Crippen LogP contribution >= 0.6 is 0 Å². The van der Waals surface area contributed by atoms with E-state index in [1.165, 1.54) is 12.8 Å². The second kappa shape index (κ2) is 6.77. The molecule has 2 rings (SSSR count). The van der Waals surface area contributed by atoms with Gasteiger partial charge in [0.2, 0.25) is 11.8 Å². The van der Waals surface area contributed by atoms with E-state index in [1.54, 1.807) is 7.05 Å². The maximum Gasteiger partial charge on any atom is 0.239 e. The van der Waals surface area contributed by atoms with E-state index in [9.17, 15) is 9.59 Å². The Labute approximate surface area is 128 Å². The molecule has 0 radical (unpaired) electrons. The zero-order valence-corrected chi connectivity index (χ0v) is 13.7. The number of hydrogen-bond donors (Lipinski definition) is 1. The highest BCUT2D eigenvalue weighted by molar-refractivity contribution is 5.88.